The molecule has 0 bridgehead atoms. The lowest BCUT2D eigenvalue weighted by atomic mass is 10.2. The van der Waals surface area contributed by atoms with Crippen molar-refractivity contribution in [3.63, 3.8) is 0 Å². The highest BCUT2D eigenvalue weighted by molar-refractivity contribution is 6.38. The second kappa shape index (κ2) is 9.14. The van der Waals surface area contributed by atoms with Gasteiger partial charge in [-0.3, -0.25) is 30.0 Å². The second-order valence-electron chi connectivity index (χ2n) is 5.32. The molecule has 0 fully saturated rings. The van der Waals surface area contributed by atoms with Gasteiger partial charge in [0.05, 0.1) is 14.2 Å². The first kappa shape index (κ1) is 20.4. The van der Waals surface area contributed by atoms with Crippen LogP contribution in [0.3, 0.4) is 0 Å². The van der Waals surface area contributed by atoms with Crippen molar-refractivity contribution in [2.45, 2.75) is 0 Å². The molecule has 2 aromatic rings. The van der Waals surface area contributed by atoms with Gasteiger partial charge in [-0.1, -0.05) is 0 Å². The highest BCUT2D eigenvalue weighted by Crippen LogP contribution is 2.14. The third kappa shape index (κ3) is 4.62. The van der Waals surface area contributed by atoms with Crippen LogP contribution >= 0.6 is 0 Å². The molecule has 0 aromatic heterocycles. The van der Waals surface area contributed by atoms with Gasteiger partial charge >= 0.3 is 11.8 Å². The van der Waals surface area contributed by atoms with E-state index in [2.05, 4.69) is 5.43 Å². The number of hydrazine groups is 2. The van der Waals surface area contributed by atoms with E-state index in [1.54, 1.807) is 5.43 Å². The number of carbonyl (C=O) groups is 4. The topological polar surface area (TPSA) is 140 Å². The summed E-state index contributed by atoms with van der Waals surface area (Å²) in [7, 11) is 2.92. The fourth-order valence-corrected chi connectivity index (χ4v) is 2.13. The summed E-state index contributed by atoms with van der Waals surface area (Å²) in [5.74, 6) is 1.60. The summed E-state index contributed by atoms with van der Waals surface area (Å²) in [4.78, 5) is 49.0. The molecule has 0 aliphatic carbocycles. The molecular formula is C18H18N4O6. The Morgan fingerprint density at radius 1 is 0.821 bits per heavy atom. The van der Waals surface area contributed by atoms with Crippen LogP contribution in [0.2, 0.25) is 0 Å². The minimum Gasteiger partial charge on any atom is -0.497 e. The van der Waals surface area contributed by atoms with E-state index in [-0.39, 0.29) is 16.1 Å². The van der Waals surface area contributed by atoms with Gasteiger partial charge in [-0.2, -0.15) is 5.01 Å². The Morgan fingerprint density at radius 3 is 1.71 bits per heavy atom. The molecule has 0 unspecified atom stereocenters. The van der Waals surface area contributed by atoms with Crippen LogP contribution in [0.4, 0.5) is 0 Å². The number of imide groups is 1. The largest absolute Gasteiger partial charge is 0.497 e. The number of methoxy groups -OCH3 is 2. The molecule has 0 aliphatic heterocycles. The quantitative estimate of drug-likeness (QED) is 0.291. The van der Waals surface area contributed by atoms with Gasteiger partial charge < -0.3 is 9.47 Å². The predicted molar refractivity (Wildman–Crippen MR) is 97.0 cm³/mol. The van der Waals surface area contributed by atoms with Crippen LogP contribution in [0.5, 0.6) is 11.5 Å². The average Bonchev–Trinajstić information content (AvgIpc) is 2.75. The van der Waals surface area contributed by atoms with E-state index >= 15 is 0 Å². The van der Waals surface area contributed by atoms with Gasteiger partial charge in [0.2, 0.25) is 0 Å². The van der Waals surface area contributed by atoms with Gasteiger partial charge in [0.25, 0.3) is 11.8 Å². The molecular weight excluding hydrogens is 368 g/mol. The summed E-state index contributed by atoms with van der Waals surface area (Å²) >= 11 is 0. The maximum absolute atomic E-state index is 12.7. The molecule has 28 heavy (non-hydrogen) atoms. The minimum absolute atomic E-state index is 0.0361. The molecule has 0 aliphatic rings. The summed E-state index contributed by atoms with van der Waals surface area (Å²) in [5.41, 5.74) is 3.92. The van der Waals surface area contributed by atoms with Crippen LogP contribution in [0, 0.1) is 0 Å². The Bertz CT molecular complexity index is 880. The van der Waals surface area contributed by atoms with E-state index in [9.17, 15) is 19.2 Å². The first-order valence-corrected chi connectivity index (χ1v) is 7.89. The number of hydrogen-bond donors (Lipinski definition) is 3. The highest BCUT2D eigenvalue weighted by atomic mass is 16.5. The van der Waals surface area contributed by atoms with E-state index in [1.165, 1.54) is 62.8 Å². The van der Waals surface area contributed by atoms with Gasteiger partial charge in [-0.25, -0.2) is 5.84 Å². The maximum atomic E-state index is 12.7. The lowest BCUT2D eigenvalue weighted by Crippen LogP contribution is -2.55. The van der Waals surface area contributed by atoms with E-state index in [4.69, 9.17) is 15.3 Å². The molecule has 0 spiro atoms. The summed E-state index contributed by atoms with van der Waals surface area (Å²) < 4.78 is 10.0. The Kier molecular flexibility index (Phi) is 6.66. The van der Waals surface area contributed by atoms with Crippen LogP contribution in [-0.2, 0) is 9.59 Å². The SMILES string of the molecule is COc1ccc(C(=O)NN(C(=O)C(=O)NN)C(=O)c2ccc(OC)cc2)cc1. The molecule has 0 radical (unpaired) electrons. The molecule has 10 heteroatoms. The fourth-order valence-electron chi connectivity index (χ4n) is 2.13. The van der Waals surface area contributed by atoms with Crippen molar-refractivity contribution in [3.8, 4) is 11.5 Å². The van der Waals surface area contributed by atoms with Crippen molar-refractivity contribution in [2.75, 3.05) is 14.2 Å². The van der Waals surface area contributed by atoms with Crippen molar-refractivity contribution >= 4 is 23.6 Å². The van der Waals surface area contributed by atoms with Crippen LogP contribution in [-0.4, -0.2) is 42.9 Å². The average molecular weight is 386 g/mol. The third-order valence-corrected chi connectivity index (χ3v) is 3.63. The number of rotatable bonds is 4. The lowest BCUT2D eigenvalue weighted by molar-refractivity contribution is -0.145. The number of benzene rings is 2. The van der Waals surface area contributed by atoms with Crippen molar-refractivity contribution in [2.24, 2.45) is 5.84 Å². The Balaban J connectivity index is 2.29. The number of nitrogens with one attached hydrogen (secondary N) is 2. The summed E-state index contributed by atoms with van der Waals surface area (Å²) in [6, 6.07) is 11.6. The van der Waals surface area contributed by atoms with Crippen molar-refractivity contribution in [3.05, 3.63) is 59.7 Å². The van der Waals surface area contributed by atoms with E-state index in [0.29, 0.717) is 11.5 Å². The van der Waals surface area contributed by atoms with Crippen LogP contribution in [0.25, 0.3) is 0 Å². The number of hydrogen-bond acceptors (Lipinski definition) is 7. The minimum atomic E-state index is -1.36. The smallest absolute Gasteiger partial charge is 0.339 e. The third-order valence-electron chi connectivity index (χ3n) is 3.63. The normalized spacial score (nSPS) is 9.82. The lowest BCUT2D eigenvalue weighted by Gasteiger charge is -2.20. The zero-order valence-corrected chi connectivity index (χ0v) is 15.1. The van der Waals surface area contributed by atoms with Gasteiger partial charge in [0, 0.05) is 11.1 Å². The van der Waals surface area contributed by atoms with Gasteiger partial charge in [-0.05, 0) is 48.5 Å². The molecule has 0 saturated carbocycles. The monoisotopic (exact) mass is 386 g/mol. The van der Waals surface area contributed by atoms with E-state index in [0.717, 1.165) is 0 Å². The molecule has 2 rings (SSSR count). The van der Waals surface area contributed by atoms with Crippen molar-refractivity contribution in [1.82, 2.24) is 15.9 Å². The standard InChI is InChI=1S/C18H18N4O6/c1-27-13-7-3-11(4-8-13)15(23)21-22(18(26)16(24)20-19)17(25)12-5-9-14(28-2)10-6-12/h3-10H,19H2,1-2H3,(H,20,24)(H,21,23). The first-order valence-electron chi connectivity index (χ1n) is 7.89. The molecule has 0 heterocycles. The van der Waals surface area contributed by atoms with Gasteiger partial charge in [0.1, 0.15) is 11.5 Å². The molecule has 2 aromatic carbocycles. The number of nitrogens with zero attached hydrogens (tertiary/aromatic N) is 1. The molecule has 4 N–H and O–H groups in total. The Hall–Kier alpha value is -3.92. The molecule has 0 atom stereocenters. The molecule has 0 saturated heterocycles. The summed E-state index contributed by atoms with van der Waals surface area (Å²) in [5, 5.41) is 0.288. The summed E-state index contributed by atoms with van der Waals surface area (Å²) in [6.45, 7) is 0. The summed E-state index contributed by atoms with van der Waals surface area (Å²) in [6.07, 6.45) is 0. The zero-order chi connectivity index (χ0) is 20.7. The second-order valence-corrected chi connectivity index (χ2v) is 5.32. The van der Waals surface area contributed by atoms with Gasteiger partial charge in [-0.15, -0.1) is 0 Å². The van der Waals surface area contributed by atoms with Crippen LogP contribution in [0.1, 0.15) is 20.7 Å². The number of carbonyl (C=O) groups excluding carboxylic acids is 4. The highest BCUT2D eigenvalue weighted by Gasteiger charge is 2.30. The van der Waals surface area contributed by atoms with E-state index in [1.807, 2.05) is 0 Å². The fraction of sp³-hybridized carbons (Fsp3) is 0.111. The molecule has 4 amide bonds. The molecule has 10 nitrogen and oxygen atoms in total. The van der Waals surface area contributed by atoms with Crippen molar-refractivity contribution < 1.29 is 28.7 Å². The number of ether oxygens (including phenoxy) is 2. The first-order chi connectivity index (χ1) is 13.4. The van der Waals surface area contributed by atoms with Gasteiger partial charge in [0.15, 0.2) is 0 Å². The Labute approximate surface area is 160 Å². The number of nitrogens with two attached hydrogens (primary N) is 1. The zero-order valence-electron chi connectivity index (χ0n) is 15.1. The van der Waals surface area contributed by atoms with E-state index < -0.39 is 23.6 Å². The molecule has 146 valence electrons. The maximum Gasteiger partial charge on any atom is 0.339 e. The van der Waals surface area contributed by atoms with Crippen LogP contribution < -0.4 is 26.2 Å². The number of amides is 4. The van der Waals surface area contributed by atoms with Crippen molar-refractivity contribution in [1.29, 1.82) is 0 Å². The Morgan fingerprint density at radius 2 is 1.29 bits per heavy atom. The predicted octanol–water partition coefficient (Wildman–Crippen LogP) is 0.00750. The van der Waals surface area contributed by atoms with Crippen LogP contribution in [0.15, 0.2) is 48.5 Å².